The molecule has 0 amide bonds. The van der Waals surface area contributed by atoms with Crippen molar-refractivity contribution in [3.63, 3.8) is 0 Å². The summed E-state index contributed by atoms with van der Waals surface area (Å²) in [5, 5.41) is 4.54. The second kappa shape index (κ2) is 6.00. The fraction of sp³-hybridized carbons (Fsp3) is 0.267. The smallest absolute Gasteiger partial charge is 0.219 e. The van der Waals surface area contributed by atoms with Crippen LogP contribution in [0.4, 0.5) is 0 Å². The maximum absolute atomic E-state index is 5.94. The number of ether oxygens (including phenoxy) is 1. The van der Waals surface area contributed by atoms with Crippen LogP contribution in [0.3, 0.4) is 0 Å². The molecule has 1 heterocycles. The van der Waals surface area contributed by atoms with E-state index < -0.39 is 0 Å². The summed E-state index contributed by atoms with van der Waals surface area (Å²) in [4.78, 5) is 4.20. The molecule has 1 aliphatic rings. The van der Waals surface area contributed by atoms with Gasteiger partial charge in [-0.05, 0) is 42.7 Å². The fourth-order valence-corrected chi connectivity index (χ4v) is 2.38. The number of hydrogen-bond acceptors (Lipinski definition) is 3. The highest BCUT2D eigenvalue weighted by Gasteiger charge is 2.19. The summed E-state index contributed by atoms with van der Waals surface area (Å²) >= 11 is 11.9. The molecule has 3 rings (SSSR count). The van der Waals surface area contributed by atoms with Crippen LogP contribution in [0.1, 0.15) is 18.4 Å². The molecule has 1 aromatic carbocycles. The summed E-state index contributed by atoms with van der Waals surface area (Å²) in [6, 6.07) is 9.67. The molecule has 0 spiro atoms. The first-order valence-corrected chi connectivity index (χ1v) is 7.27. The Morgan fingerprint density at radius 3 is 2.60 bits per heavy atom. The monoisotopic (exact) mass is 308 g/mol. The van der Waals surface area contributed by atoms with E-state index in [1.54, 1.807) is 24.4 Å². The largest absolute Gasteiger partial charge is 0.439 e. The van der Waals surface area contributed by atoms with Crippen molar-refractivity contribution in [2.24, 2.45) is 0 Å². The molecule has 0 unspecified atom stereocenters. The van der Waals surface area contributed by atoms with E-state index in [-0.39, 0.29) is 0 Å². The Morgan fingerprint density at radius 2 is 1.90 bits per heavy atom. The highest BCUT2D eigenvalue weighted by Crippen LogP contribution is 2.27. The third-order valence-corrected chi connectivity index (χ3v) is 3.47. The van der Waals surface area contributed by atoms with Crippen molar-refractivity contribution >= 4 is 23.2 Å². The molecule has 20 heavy (non-hydrogen) atoms. The lowest BCUT2D eigenvalue weighted by Gasteiger charge is -2.08. The zero-order valence-corrected chi connectivity index (χ0v) is 12.3. The number of pyridine rings is 1. The molecule has 0 bridgehead atoms. The van der Waals surface area contributed by atoms with Crippen LogP contribution in [-0.4, -0.2) is 11.0 Å². The molecule has 0 radical (unpaired) electrons. The molecule has 2 aromatic rings. The first-order valence-electron chi connectivity index (χ1n) is 6.51. The zero-order valence-electron chi connectivity index (χ0n) is 10.8. The summed E-state index contributed by atoms with van der Waals surface area (Å²) in [5.41, 5.74) is 1.15. The summed E-state index contributed by atoms with van der Waals surface area (Å²) in [6.45, 7) is 0.833. The van der Waals surface area contributed by atoms with Crippen LogP contribution in [0.2, 0.25) is 10.0 Å². The number of halogens is 2. The molecule has 104 valence electrons. The Bertz CT molecular complexity index is 594. The minimum Gasteiger partial charge on any atom is -0.439 e. The number of benzene rings is 1. The standard InChI is InChI=1S/C15H14Cl2N2O/c16-11-6-12(17)8-14(7-11)20-15-5-10(3-4-18-15)9-19-13-1-2-13/h3-8,13,19H,1-2,9H2. The number of hydrogen-bond donors (Lipinski definition) is 1. The molecular formula is C15H14Cl2N2O. The fourth-order valence-electron chi connectivity index (χ4n) is 1.87. The van der Waals surface area contributed by atoms with Gasteiger partial charge in [0.1, 0.15) is 5.75 Å². The van der Waals surface area contributed by atoms with Crippen molar-refractivity contribution in [2.75, 3.05) is 0 Å². The normalized spacial score (nSPS) is 14.3. The number of nitrogens with one attached hydrogen (secondary N) is 1. The van der Waals surface area contributed by atoms with Crippen molar-refractivity contribution in [1.82, 2.24) is 10.3 Å². The second-order valence-corrected chi connectivity index (χ2v) is 5.74. The minimum absolute atomic E-state index is 0.540. The SMILES string of the molecule is Clc1cc(Cl)cc(Oc2cc(CNC3CC3)ccn2)c1. The van der Waals surface area contributed by atoms with Gasteiger partial charge in [0.15, 0.2) is 0 Å². The van der Waals surface area contributed by atoms with Gasteiger partial charge in [-0.1, -0.05) is 23.2 Å². The van der Waals surface area contributed by atoms with Crippen molar-refractivity contribution in [3.8, 4) is 11.6 Å². The van der Waals surface area contributed by atoms with Gasteiger partial charge in [-0.25, -0.2) is 4.98 Å². The average Bonchev–Trinajstić information content (AvgIpc) is 3.19. The lowest BCUT2D eigenvalue weighted by atomic mass is 10.2. The third-order valence-electron chi connectivity index (χ3n) is 3.03. The van der Waals surface area contributed by atoms with Gasteiger partial charge >= 0.3 is 0 Å². The third kappa shape index (κ3) is 3.85. The van der Waals surface area contributed by atoms with Crippen LogP contribution in [-0.2, 0) is 6.54 Å². The minimum atomic E-state index is 0.540. The second-order valence-electron chi connectivity index (χ2n) is 4.86. The molecule has 1 aromatic heterocycles. The Balaban J connectivity index is 1.70. The predicted octanol–water partition coefficient (Wildman–Crippen LogP) is 4.43. The number of aromatic nitrogens is 1. The first-order chi connectivity index (χ1) is 9.69. The summed E-state index contributed by atoms with van der Waals surface area (Å²) in [6.07, 6.45) is 4.29. The molecular weight excluding hydrogens is 295 g/mol. The van der Waals surface area contributed by atoms with E-state index in [4.69, 9.17) is 27.9 Å². The van der Waals surface area contributed by atoms with Crippen LogP contribution >= 0.6 is 23.2 Å². The van der Waals surface area contributed by atoms with E-state index in [9.17, 15) is 0 Å². The molecule has 0 atom stereocenters. The topological polar surface area (TPSA) is 34.1 Å². The molecule has 1 saturated carbocycles. The number of nitrogens with zero attached hydrogens (tertiary/aromatic N) is 1. The highest BCUT2D eigenvalue weighted by atomic mass is 35.5. The first kappa shape index (κ1) is 13.7. The van der Waals surface area contributed by atoms with E-state index >= 15 is 0 Å². The summed E-state index contributed by atoms with van der Waals surface area (Å²) in [7, 11) is 0. The van der Waals surface area contributed by atoms with Gasteiger partial charge in [0, 0.05) is 34.9 Å². The van der Waals surface area contributed by atoms with Crippen molar-refractivity contribution < 1.29 is 4.74 Å². The van der Waals surface area contributed by atoms with Crippen molar-refractivity contribution in [3.05, 3.63) is 52.1 Å². The average molecular weight is 309 g/mol. The molecule has 1 N–H and O–H groups in total. The van der Waals surface area contributed by atoms with Crippen molar-refractivity contribution in [1.29, 1.82) is 0 Å². The van der Waals surface area contributed by atoms with Gasteiger partial charge in [-0.3, -0.25) is 0 Å². The zero-order chi connectivity index (χ0) is 13.9. The van der Waals surface area contributed by atoms with Gasteiger partial charge in [0.05, 0.1) is 0 Å². The van der Waals surface area contributed by atoms with Gasteiger partial charge in [0.2, 0.25) is 5.88 Å². The lowest BCUT2D eigenvalue weighted by Crippen LogP contribution is -2.15. The molecule has 3 nitrogen and oxygen atoms in total. The number of rotatable bonds is 5. The van der Waals surface area contributed by atoms with Crippen LogP contribution in [0.15, 0.2) is 36.5 Å². The predicted molar refractivity (Wildman–Crippen MR) is 80.6 cm³/mol. The molecule has 5 heteroatoms. The Kier molecular flexibility index (Phi) is 4.10. The Labute approximate surface area is 127 Å². The Morgan fingerprint density at radius 1 is 1.15 bits per heavy atom. The maximum atomic E-state index is 5.94. The van der Waals surface area contributed by atoms with Gasteiger partial charge in [-0.15, -0.1) is 0 Å². The van der Waals surface area contributed by atoms with Crippen LogP contribution in [0.5, 0.6) is 11.6 Å². The summed E-state index contributed by atoms with van der Waals surface area (Å²) < 4.78 is 5.70. The van der Waals surface area contributed by atoms with E-state index in [1.807, 2.05) is 12.1 Å². The van der Waals surface area contributed by atoms with Crippen molar-refractivity contribution in [2.45, 2.75) is 25.4 Å². The highest BCUT2D eigenvalue weighted by molar-refractivity contribution is 6.34. The Hall–Kier alpha value is -1.29. The van der Waals surface area contributed by atoms with E-state index in [1.165, 1.54) is 12.8 Å². The van der Waals surface area contributed by atoms with Gasteiger partial charge in [-0.2, -0.15) is 0 Å². The molecule has 1 aliphatic carbocycles. The quantitative estimate of drug-likeness (QED) is 0.887. The maximum Gasteiger partial charge on any atom is 0.219 e. The molecule has 0 saturated heterocycles. The van der Waals surface area contributed by atoms with Crippen LogP contribution in [0, 0.1) is 0 Å². The van der Waals surface area contributed by atoms with Gasteiger partial charge < -0.3 is 10.1 Å². The molecule has 0 aliphatic heterocycles. The van der Waals surface area contributed by atoms with Crippen LogP contribution in [0.25, 0.3) is 0 Å². The lowest BCUT2D eigenvalue weighted by molar-refractivity contribution is 0.461. The molecule has 1 fully saturated rings. The summed E-state index contributed by atoms with van der Waals surface area (Å²) in [5.74, 6) is 1.13. The van der Waals surface area contributed by atoms with E-state index in [0.29, 0.717) is 27.7 Å². The van der Waals surface area contributed by atoms with E-state index in [0.717, 1.165) is 12.1 Å². The van der Waals surface area contributed by atoms with Gasteiger partial charge in [0.25, 0.3) is 0 Å². The van der Waals surface area contributed by atoms with E-state index in [2.05, 4.69) is 10.3 Å². The van der Waals surface area contributed by atoms with Crippen LogP contribution < -0.4 is 10.1 Å².